The minimum absolute atomic E-state index is 0.452. The summed E-state index contributed by atoms with van der Waals surface area (Å²) >= 11 is 0. The molecule has 0 fully saturated rings. The Morgan fingerprint density at radius 3 is 1.50 bits per heavy atom. The van der Waals surface area contributed by atoms with Crippen LogP contribution in [-0.4, -0.2) is 0 Å². The van der Waals surface area contributed by atoms with Gasteiger partial charge in [0.2, 0.25) is 0 Å². The van der Waals surface area contributed by atoms with Crippen LogP contribution in [0.2, 0.25) is 0 Å². The molecule has 122 valence electrons. The maximum absolute atomic E-state index is 2.41. The lowest BCUT2D eigenvalue weighted by Gasteiger charge is -2.24. The van der Waals surface area contributed by atoms with Crippen LogP contribution >= 0.6 is 0 Å². The van der Waals surface area contributed by atoms with E-state index in [0.717, 1.165) is 12.8 Å². The van der Waals surface area contributed by atoms with Crippen molar-refractivity contribution in [2.75, 3.05) is 0 Å². The van der Waals surface area contributed by atoms with Gasteiger partial charge in [-0.2, -0.15) is 0 Å². The van der Waals surface area contributed by atoms with Gasteiger partial charge in [-0.1, -0.05) is 54.5 Å². The van der Waals surface area contributed by atoms with Crippen LogP contribution in [0.1, 0.15) is 71.2 Å². The summed E-state index contributed by atoms with van der Waals surface area (Å²) in [5.41, 5.74) is 14.9. The lowest BCUT2D eigenvalue weighted by Crippen LogP contribution is -2.09. The quantitative estimate of drug-likeness (QED) is 0.604. The standard InChI is InChI=1S/C24H26/c1-14-10-19-8-6-16(3)23(21(19)12-14)18(5)24-17(4)7-9-20-11-15(2)13-22(20)24/h6-11,18H,12-13H2,1-5H3. The molecule has 0 aliphatic heterocycles. The molecule has 0 unspecified atom stereocenters. The second-order valence-corrected chi connectivity index (χ2v) is 7.78. The third kappa shape index (κ3) is 2.28. The van der Waals surface area contributed by atoms with Gasteiger partial charge in [-0.3, -0.25) is 0 Å². The molecule has 0 aromatic heterocycles. The molecule has 4 rings (SSSR count). The molecule has 0 atom stereocenters. The summed E-state index contributed by atoms with van der Waals surface area (Å²) < 4.78 is 0. The number of fused-ring (bicyclic) bond motifs is 2. The molecule has 0 saturated carbocycles. The average Bonchev–Trinajstić information content (AvgIpc) is 3.07. The summed E-state index contributed by atoms with van der Waals surface area (Å²) in [5.74, 6) is 0.452. The number of rotatable bonds is 2. The van der Waals surface area contributed by atoms with Crippen molar-refractivity contribution < 1.29 is 0 Å². The van der Waals surface area contributed by atoms with Crippen molar-refractivity contribution in [3.05, 3.63) is 79.9 Å². The number of aryl methyl sites for hydroxylation is 2. The fourth-order valence-corrected chi connectivity index (χ4v) is 4.80. The van der Waals surface area contributed by atoms with E-state index in [1.807, 2.05) is 0 Å². The molecule has 2 aromatic carbocycles. The van der Waals surface area contributed by atoms with Crippen LogP contribution in [-0.2, 0) is 12.8 Å². The monoisotopic (exact) mass is 314 g/mol. The molecular weight excluding hydrogens is 288 g/mol. The average molecular weight is 314 g/mol. The molecule has 0 heterocycles. The van der Waals surface area contributed by atoms with Crippen molar-refractivity contribution in [2.24, 2.45) is 0 Å². The Labute approximate surface area is 145 Å². The van der Waals surface area contributed by atoms with Gasteiger partial charge in [-0.15, -0.1) is 0 Å². The lowest BCUT2D eigenvalue weighted by molar-refractivity contribution is 0.861. The molecule has 0 radical (unpaired) electrons. The first-order valence-electron chi connectivity index (χ1n) is 9.04. The first-order valence-corrected chi connectivity index (χ1v) is 9.04. The SMILES string of the molecule is CC1=Cc2ccc(C)c(C(C)c3c(C)ccc4c3CC(C)=C4)c2C1. The fourth-order valence-electron chi connectivity index (χ4n) is 4.80. The van der Waals surface area contributed by atoms with Gasteiger partial charge in [0.25, 0.3) is 0 Å². The van der Waals surface area contributed by atoms with Crippen LogP contribution in [0.4, 0.5) is 0 Å². The third-order valence-electron chi connectivity index (χ3n) is 5.80. The minimum atomic E-state index is 0.452. The van der Waals surface area contributed by atoms with E-state index in [2.05, 4.69) is 71.0 Å². The summed E-state index contributed by atoms with van der Waals surface area (Å²) in [7, 11) is 0. The van der Waals surface area contributed by atoms with Crippen LogP contribution in [0.3, 0.4) is 0 Å². The van der Waals surface area contributed by atoms with Gasteiger partial charge >= 0.3 is 0 Å². The summed E-state index contributed by atoms with van der Waals surface area (Å²) in [5, 5.41) is 0. The van der Waals surface area contributed by atoms with Crippen LogP contribution in [0.25, 0.3) is 12.2 Å². The number of hydrogen-bond donors (Lipinski definition) is 0. The summed E-state index contributed by atoms with van der Waals surface area (Å²) in [6, 6.07) is 9.21. The molecule has 0 heteroatoms. The lowest BCUT2D eigenvalue weighted by atomic mass is 9.80. The van der Waals surface area contributed by atoms with Gasteiger partial charge in [0.1, 0.15) is 0 Å². The van der Waals surface area contributed by atoms with Crippen LogP contribution in [0.15, 0.2) is 35.4 Å². The normalized spacial score (nSPS) is 15.4. The van der Waals surface area contributed by atoms with Gasteiger partial charge in [0.15, 0.2) is 0 Å². The molecule has 0 nitrogen and oxygen atoms in total. The zero-order chi connectivity index (χ0) is 17.0. The largest absolute Gasteiger partial charge is 0.0683 e. The summed E-state index contributed by atoms with van der Waals surface area (Å²) in [4.78, 5) is 0. The molecule has 2 aromatic rings. The zero-order valence-corrected chi connectivity index (χ0v) is 15.5. The van der Waals surface area contributed by atoms with E-state index in [9.17, 15) is 0 Å². The number of allylic oxidation sites excluding steroid dienone is 2. The topological polar surface area (TPSA) is 0 Å². The summed E-state index contributed by atoms with van der Waals surface area (Å²) in [6.07, 6.45) is 6.95. The Balaban J connectivity index is 1.88. The third-order valence-corrected chi connectivity index (χ3v) is 5.80. The van der Waals surface area contributed by atoms with E-state index in [-0.39, 0.29) is 0 Å². The first-order chi connectivity index (χ1) is 11.5. The van der Waals surface area contributed by atoms with Crippen molar-refractivity contribution >= 4 is 12.2 Å². The molecule has 0 bridgehead atoms. The first kappa shape index (κ1) is 15.4. The Bertz CT molecular complexity index is 831. The van der Waals surface area contributed by atoms with Crippen LogP contribution < -0.4 is 0 Å². The van der Waals surface area contributed by atoms with E-state index in [4.69, 9.17) is 0 Å². The van der Waals surface area contributed by atoms with E-state index in [0.29, 0.717) is 5.92 Å². The van der Waals surface area contributed by atoms with Gasteiger partial charge < -0.3 is 0 Å². The van der Waals surface area contributed by atoms with E-state index in [1.165, 1.54) is 33.4 Å². The highest BCUT2D eigenvalue weighted by Crippen LogP contribution is 2.41. The second-order valence-electron chi connectivity index (χ2n) is 7.78. The van der Waals surface area contributed by atoms with Gasteiger partial charge in [-0.25, -0.2) is 0 Å². The highest BCUT2D eigenvalue weighted by Gasteiger charge is 2.25. The van der Waals surface area contributed by atoms with Crippen molar-refractivity contribution in [1.29, 1.82) is 0 Å². The predicted molar refractivity (Wildman–Crippen MR) is 105 cm³/mol. The number of hydrogen-bond acceptors (Lipinski definition) is 0. The van der Waals surface area contributed by atoms with Crippen LogP contribution in [0.5, 0.6) is 0 Å². The predicted octanol–water partition coefficient (Wildman–Crippen LogP) is 6.37. The molecule has 0 saturated heterocycles. The van der Waals surface area contributed by atoms with Crippen molar-refractivity contribution in [2.45, 2.75) is 53.4 Å². The maximum atomic E-state index is 2.41. The van der Waals surface area contributed by atoms with Gasteiger partial charge in [0, 0.05) is 5.92 Å². The smallest absolute Gasteiger partial charge is 0.00723 e. The summed E-state index contributed by atoms with van der Waals surface area (Å²) in [6.45, 7) is 11.5. The highest BCUT2D eigenvalue weighted by atomic mass is 14.3. The van der Waals surface area contributed by atoms with Crippen molar-refractivity contribution in [3.63, 3.8) is 0 Å². The van der Waals surface area contributed by atoms with Crippen molar-refractivity contribution in [1.82, 2.24) is 0 Å². The zero-order valence-electron chi connectivity index (χ0n) is 15.5. The van der Waals surface area contributed by atoms with Crippen molar-refractivity contribution in [3.8, 4) is 0 Å². The fraction of sp³-hybridized carbons (Fsp3) is 0.333. The van der Waals surface area contributed by atoms with Gasteiger partial charge in [0.05, 0.1) is 0 Å². The van der Waals surface area contributed by atoms with E-state index in [1.54, 1.807) is 22.3 Å². The highest BCUT2D eigenvalue weighted by molar-refractivity contribution is 5.70. The minimum Gasteiger partial charge on any atom is -0.0683 e. The molecule has 0 N–H and O–H groups in total. The van der Waals surface area contributed by atoms with E-state index < -0.39 is 0 Å². The Morgan fingerprint density at radius 1 is 0.667 bits per heavy atom. The molecular formula is C24H26. The molecule has 0 spiro atoms. The Hall–Kier alpha value is -2.08. The maximum Gasteiger partial charge on any atom is 0.00723 e. The molecule has 0 amide bonds. The second kappa shape index (κ2) is 5.48. The molecule has 2 aliphatic carbocycles. The van der Waals surface area contributed by atoms with Gasteiger partial charge in [-0.05, 0) is 85.0 Å². The molecule has 24 heavy (non-hydrogen) atoms. The Kier molecular flexibility index (Phi) is 3.53. The molecule has 2 aliphatic rings. The van der Waals surface area contributed by atoms with E-state index >= 15 is 0 Å². The van der Waals surface area contributed by atoms with Crippen LogP contribution in [0, 0.1) is 13.8 Å². The Morgan fingerprint density at radius 2 is 1.08 bits per heavy atom. The number of benzene rings is 2.